The summed E-state index contributed by atoms with van der Waals surface area (Å²) >= 11 is 11.9. The van der Waals surface area contributed by atoms with Crippen LogP contribution in [-0.2, 0) is 10.0 Å². The van der Waals surface area contributed by atoms with Gasteiger partial charge < -0.3 is 5.32 Å². The van der Waals surface area contributed by atoms with Gasteiger partial charge in [-0.1, -0.05) is 30.1 Å². The zero-order chi connectivity index (χ0) is 15.5. The first-order chi connectivity index (χ1) is 9.96. The molecule has 0 aromatic heterocycles. The fourth-order valence-corrected chi connectivity index (χ4v) is 5.15. The normalized spacial score (nSPS) is 17.3. The lowest BCUT2D eigenvalue weighted by Crippen LogP contribution is -2.46. The maximum absolute atomic E-state index is 12.9. The van der Waals surface area contributed by atoms with E-state index in [1.807, 2.05) is 6.92 Å². The SMILES string of the molecule is CCCN(C1CCNCC1)S(=O)(=O)c1ccc(Cl)cc1Cl. The number of rotatable bonds is 5. The van der Waals surface area contributed by atoms with Gasteiger partial charge in [-0.15, -0.1) is 0 Å². The van der Waals surface area contributed by atoms with Crippen LogP contribution in [0, 0.1) is 0 Å². The molecule has 0 radical (unpaired) electrons. The van der Waals surface area contributed by atoms with Crippen LogP contribution in [0.1, 0.15) is 26.2 Å². The van der Waals surface area contributed by atoms with E-state index in [1.54, 1.807) is 10.4 Å². The average molecular weight is 351 g/mol. The number of hydrogen-bond donors (Lipinski definition) is 1. The van der Waals surface area contributed by atoms with Gasteiger partial charge in [0.2, 0.25) is 10.0 Å². The zero-order valence-corrected chi connectivity index (χ0v) is 14.3. The molecule has 0 aliphatic carbocycles. The van der Waals surface area contributed by atoms with Crippen molar-refractivity contribution in [3.05, 3.63) is 28.2 Å². The average Bonchev–Trinajstić information content (AvgIpc) is 2.45. The number of sulfonamides is 1. The number of nitrogens with one attached hydrogen (secondary N) is 1. The summed E-state index contributed by atoms with van der Waals surface area (Å²) in [6.45, 7) is 4.17. The Morgan fingerprint density at radius 2 is 1.95 bits per heavy atom. The van der Waals surface area contributed by atoms with Gasteiger partial charge in [-0.3, -0.25) is 0 Å². The van der Waals surface area contributed by atoms with Crippen LogP contribution < -0.4 is 5.32 Å². The lowest BCUT2D eigenvalue weighted by molar-refractivity contribution is 0.262. The molecule has 0 bridgehead atoms. The lowest BCUT2D eigenvalue weighted by Gasteiger charge is -2.33. The lowest BCUT2D eigenvalue weighted by atomic mass is 10.1. The first-order valence-electron chi connectivity index (χ1n) is 7.14. The Balaban J connectivity index is 2.36. The molecule has 1 aromatic carbocycles. The molecule has 1 saturated heterocycles. The predicted molar refractivity (Wildman–Crippen MR) is 86.5 cm³/mol. The maximum atomic E-state index is 12.9. The zero-order valence-electron chi connectivity index (χ0n) is 12.0. The number of benzene rings is 1. The van der Waals surface area contributed by atoms with Crippen LogP contribution in [0.15, 0.2) is 23.1 Å². The highest BCUT2D eigenvalue weighted by atomic mass is 35.5. The van der Waals surface area contributed by atoms with Crippen molar-refractivity contribution < 1.29 is 8.42 Å². The molecule has 118 valence electrons. The molecular weight excluding hydrogens is 331 g/mol. The summed E-state index contributed by atoms with van der Waals surface area (Å²) in [5.74, 6) is 0. The second-order valence-corrected chi connectivity index (χ2v) is 7.87. The van der Waals surface area contributed by atoms with Crippen molar-refractivity contribution in [2.24, 2.45) is 0 Å². The smallest absolute Gasteiger partial charge is 0.244 e. The van der Waals surface area contributed by atoms with Crippen molar-refractivity contribution in [3.63, 3.8) is 0 Å². The Labute approximate surface area is 136 Å². The molecule has 2 rings (SSSR count). The quantitative estimate of drug-likeness (QED) is 0.887. The summed E-state index contributed by atoms with van der Waals surface area (Å²) < 4.78 is 27.5. The topological polar surface area (TPSA) is 49.4 Å². The molecule has 4 nitrogen and oxygen atoms in total. The number of halogens is 2. The Morgan fingerprint density at radius 3 is 2.52 bits per heavy atom. The minimum absolute atomic E-state index is 0.0305. The summed E-state index contributed by atoms with van der Waals surface area (Å²) in [5.41, 5.74) is 0. The molecular formula is C14H20Cl2N2O2S. The van der Waals surface area contributed by atoms with Gasteiger partial charge in [0.1, 0.15) is 4.90 Å². The largest absolute Gasteiger partial charge is 0.317 e. The van der Waals surface area contributed by atoms with Crippen LogP contribution in [-0.4, -0.2) is 38.4 Å². The van der Waals surface area contributed by atoms with Crippen LogP contribution in [0.25, 0.3) is 0 Å². The standard InChI is InChI=1S/C14H20Cl2N2O2S/c1-2-9-18(12-5-7-17-8-6-12)21(19,20)14-4-3-11(15)10-13(14)16/h3-4,10,12,17H,2,5-9H2,1H3. The van der Waals surface area contributed by atoms with Crippen LogP contribution in [0.2, 0.25) is 10.0 Å². The van der Waals surface area contributed by atoms with E-state index in [1.165, 1.54) is 12.1 Å². The van der Waals surface area contributed by atoms with Gasteiger partial charge >= 0.3 is 0 Å². The Bertz CT molecular complexity index is 587. The van der Waals surface area contributed by atoms with E-state index in [4.69, 9.17) is 23.2 Å². The molecule has 0 amide bonds. The first-order valence-corrected chi connectivity index (χ1v) is 9.34. The van der Waals surface area contributed by atoms with E-state index in [2.05, 4.69) is 5.32 Å². The number of nitrogens with zero attached hydrogens (tertiary/aromatic N) is 1. The highest BCUT2D eigenvalue weighted by Crippen LogP contribution is 2.30. The third-order valence-corrected chi connectivity index (χ3v) is 6.31. The third-order valence-electron chi connectivity index (χ3n) is 3.64. The van der Waals surface area contributed by atoms with Crippen LogP contribution >= 0.6 is 23.2 Å². The minimum Gasteiger partial charge on any atom is -0.317 e. The summed E-state index contributed by atoms with van der Waals surface area (Å²) in [5, 5.41) is 3.87. The fraction of sp³-hybridized carbons (Fsp3) is 0.571. The van der Waals surface area contributed by atoms with Crippen molar-refractivity contribution in [2.45, 2.75) is 37.1 Å². The van der Waals surface area contributed by atoms with Gasteiger partial charge in [0, 0.05) is 17.6 Å². The number of piperidine rings is 1. The van der Waals surface area contributed by atoms with Crippen molar-refractivity contribution in [1.29, 1.82) is 0 Å². The molecule has 1 heterocycles. The van der Waals surface area contributed by atoms with Gasteiger partial charge in [-0.25, -0.2) is 8.42 Å². The highest BCUT2D eigenvalue weighted by Gasteiger charge is 2.32. The van der Waals surface area contributed by atoms with E-state index in [-0.39, 0.29) is 16.0 Å². The van der Waals surface area contributed by atoms with Gasteiger partial charge in [0.15, 0.2) is 0 Å². The van der Waals surface area contributed by atoms with E-state index < -0.39 is 10.0 Å². The predicted octanol–water partition coefficient (Wildman–Crippen LogP) is 3.15. The molecule has 0 saturated carbocycles. The number of hydrogen-bond acceptors (Lipinski definition) is 3. The van der Waals surface area contributed by atoms with Gasteiger partial charge in [0.25, 0.3) is 0 Å². The van der Waals surface area contributed by atoms with Crippen molar-refractivity contribution in [3.8, 4) is 0 Å². The Hall–Kier alpha value is -0.330. The molecule has 1 aromatic rings. The molecule has 1 aliphatic heterocycles. The molecule has 1 fully saturated rings. The Morgan fingerprint density at radius 1 is 1.29 bits per heavy atom. The molecule has 7 heteroatoms. The fourth-order valence-electron chi connectivity index (χ4n) is 2.62. The molecule has 0 unspecified atom stereocenters. The van der Waals surface area contributed by atoms with E-state index in [0.717, 1.165) is 32.4 Å². The van der Waals surface area contributed by atoms with Crippen LogP contribution in [0.4, 0.5) is 0 Å². The maximum Gasteiger partial charge on any atom is 0.244 e. The van der Waals surface area contributed by atoms with Gasteiger partial charge in [-0.2, -0.15) is 4.31 Å². The summed E-state index contributed by atoms with van der Waals surface area (Å²) in [6.07, 6.45) is 2.42. The van der Waals surface area contributed by atoms with E-state index in [9.17, 15) is 8.42 Å². The van der Waals surface area contributed by atoms with Gasteiger partial charge in [0.05, 0.1) is 5.02 Å². The molecule has 0 spiro atoms. The van der Waals surface area contributed by atoms with E-state index in [0.29, 0.717) is 11.6 Å². The van der Waals surface area contributed by atoms with Gasteiger partial charge in [-0.05, 0) is 50.6 Å². The first kappa shape index (κ1) is 17.0. The minimum atomic E-state index is -3.60. The van der Waals surface area contributed by atoms with Crippen molar-refractivity contribution in [1.82, 2.24) is 9.62 Å². The molecule has 1 N–H and O–H groups in total. The molecule has 21 heavy (non-hydrogen) atoms. The molecule has 1 aliphatic rings. The van der Waals surface area contributed by atoms with E-state index >= 15 is 0 Å². The monoisotopic (exact) mass is 350 g/mol. The van der Waals surface area contributed by atoms with Crippen molar-refractivity contribution in [2.75, 3.05) is 19.6 Å². The summed E-state index contributed by atoms with van der Waals surface area (Å²) in [7, 11) is -3.60. The summed E-state index contributed by atoms with van der Waals surface area (Å²) in [6, 6.07) is 4.56. The third kappa shape index (κ3) is 3.90. The molecule has 0 atom stereocenters. The van der Waals surface area contributed by atoms with Crippen LogP contribution in [0.5, 0.6) is 0 Å². The van der Waals surface area contributed by atoms with Crippen molar-refractivity contribution >= 4 is 33.2 Å². The van der Waals surface area contributed by atoms with Crippen LogP contribution in [0.3, 0.4) is 0 Å². The Kier molecular flexibility index (Phi) is 5.91. The second-order valence-electron chi connectivity index (χ2n) is 5.17. The summed E-state index contributed by atoms with van der Waals surface area (Å²) in [4.78, 5) is 0.139. The highest BCUT2D eigenvalue weighted by molar-refractivity contribution is 7.89. The second kappa shape index (κ2) is 7.29.